The van der Waals surface area contributed by atoms with Crippen molar-refractivity contribution < 1.29 is 69.4 Å². The van der Waals surface area contributed by atoms with Gasteiger partial charge in [0.25, 0.3) is 23.6 Å². The molecule has 10 nitrogen and oxygen atoms in total. The minimum absolute atomic E-state index is 0. The van der Waals surface area contributed by atoms with Crippen LogP contribution in [-0.4, -0.2) is 45.7 Å². The molecule has 0 aromatic rings. The molecule has 2 heterocycles. The van der Waals surface area contributed by atoms with E-state index < -0.39 is 35.6 Å². The molecule has 0 aromatic carbocycles. The van der Waals surface area contributed by atoms with E-state index in [-0.39, 0.29) is 69.5 Å². The van der Waals surface area contributed by atoms with Crippen LogP contribution in [0.15, 0.2) is 0 Å². The molecule has 2 aliphatic rings. The first-order valence-corrected chi connectivity index (χ1v) is 8.51. The van der Waals surface area contributed by atoms with Crippen molar-refractivity contribution in [2.75, 3.05) is 0 Å². The summed E-state index contributed by atoms with van der Waals surface area (Å²) in [4.78, 5) is 77.8. The van der Waals surface area contributed by atoms with Gasteiger partial charge in [-0.2, -0.15) is 0 Å². The number of unbranched alkanes of at least 4 members (excludes halogenated alkanes) is 3. The van der Waals surface area contributed by atoms with Crippen LogP contribution in [0.5, 0.6) is 0 Å². The van der Waals surface area contributed by atoms with Crippen molar-refractivity contribution in [3.05, 3.63) is 0 Å². The summed E-state index contributed by atoms with van der Waals surface area (Å²) in [7, 11) is 0. The number of carbonyl (C=O) groups excluding carboxylic acids is 6. The smallest absolute Gasteiger partial charge is 1.00 e. The second kappa shape index (κ2) is 11.2. The number of amides is 4. The first-order valence-electron chi connectivity index (χ1n) is 8.51. The molecular weight excluding hydrogens is 371 g/mol. The second-order valence-electron chi connectivity index (χ2n) is 6.00. The Hall–Kier alpha value is -1.78. The summed E-state index contributed by atoms with van der Waals surface area (Å²) in [5, 5.41) is 1.03. The van der Waals surface area contributed by atoms with Gasteiger partial charge in [0.1, 0.15) is 0 Å². The number of hydrogen-bond donors (Lipinski definition) is 0. The molecule has 0 aromatic heterocycles. The molecule has 27 heavy (non-hydrogen) atoms. The average Bonchev–Trinajstić information content (AvgIpc) is 3.08. The molecule has 2 rings (SSSR count). The van der Waals surface area contributed by atoms with Crippen LogP contribution in [-0.2, 0) is 38.4 Å². The summed E-state index contributed by atoms with van der Waals surface area (Å²) in [6.07, 6.45) is 2.54. The predicted octanol–water partition coefficient (Wildman–Crippen LogP) is -2.34. The maximum atomic E-state index is 11.6. The van der Waals surface area contributed by atoms with Crippen LogP contribution in [0.3, 0.4) is 0 Å². The molecule has 11 heteroatoms. The van der Waals surface area contributed by atoms with Gasteiger partial charge in [-0.05, 0) is 12.8 Å². The van der Waals surface area contributed by atoms with Crippen LogP contribution >= 0.6 is 0 Å². The van der Waals surface area contributed by atoms with E-state index >= 15 is 0 Å². The third kappa shape index (κ3) is 7.04. The summed E-state index contributed by atoms with van der Waals surface area (Å²) in [6.45, 7) is 0. The van der Waals surface area contributed by atoms with Gasteiger partial charge in [0.05, 0.1) is 0 Å². The zero-order valence-corrected chi connectivity index (χ0v) is 17.2. The van der Waals surface area contributed by atoms with Crippen molar-refractivity contribution in [3.8, 4) is 0 Å². The SMILES string of the molecule is O=C(CCCCCCC(=O)ON1C(=O)CCC1=O)ON1C(=O)CCC1=O.[H-].[Na+]. The molecule has 0 saturated carbocycles. The molecule has 4 amide bonds. The Balaban J connectivity index is 0.00000364. The van der Waals surface area contributed by atoms with E-state index in [0.717, 1.165) is 0 Å². The van der Waals surface area contributed by atoms with E-state index in [2.05, 4.69) is 0 Å². The van der Waals surface area contributed by atoms with Crippen molar-refractivity contribution in [1.29, 1.82) is 0 Å². The third-order valence-electron chi connectivity index (χ3n) is 3.91. The third-order valence-corrected chi connectivity index (χ3v) is 3.91. The zero-order valence-electron chi connectivity index (χ0n) is 16.2. The summed E-state index contributed by atoms with van der Waals surface area (Å²) >= 11 is 0. The number of imide groups is 2. The van der Waals surface area contributed by atoms with E-state index in [1.807, 2.05) is 0 Å². The normalized spacial score (nSPS) is 16.6. The maximum absolute atomic E-state index is 11.6. The summed E-state index contributed by atoms with van der Waals surface area (Å²) in [6, 6.07) is 0. The largest absolute Gasteiger partial charge is 1.00 e. The molecule has 0 radical (unpaired) electrons. The van der Waals surface area contributed by atoms with Gasteiger partial charge in [0, 0.05) is 38.5 Å². The van der Waals surface area contributed by atoms with E-state index in [4.69, 9.17) is 9.68 Å². The summed E-state index contributed by atoms with van der Waals surface area (Å²) < 4.78 is 0. The molecule has 2 saturated heterocycles. The van der Waals surface area contributed by atoms with E-state index in [1.54, 1.807) is 0 Å². The van der Waals surface area contributed by atoms with Gasteiger partial charge < -0.3 is 11.1 Å². The minimum Gasteiger partial charge on any atom is -1.00 e. The van der Waals surface area contributed by atoms with Gasteiger partial charge in [-0.25, -0.2) is 9.59 Å². The monoisotopic (exact) mass is 392 g/mol. The molecule has 2 aliphatic heterocycles. The van der Waals surface area contributed by atoms with E-state index in [1.165, 1.54) is 0 Å². The van der Waals surface area contributed by atoms with Gasteiger partial charge in [0.2, 0.25) is 0 Å². The molecule has 0 aliphatic carbocycles. The number of hydrogen-bond acceptors (Lipinski definition) is 8. The molecular formula is C16H21N2NaO8. The maximum Gasteiger partial charge on any atom is 1.00 e. The first-order chi connectivity index (χ1) is 12.4. The van der Waals surface area contributed by atoms with Gasteiger partial charge in [-0.15, -0.1) is 10.1 Å². The van der Waals surface area contributed by atoms with Crippen LogP contribution in [0, 0.1) is 0 Å². The number of carbonyl (C=O) groups is 6. The van der Waals surface area contributed by atoms with E-state index in [0.29, 0.717) is 35.8 Å². The Bertz CT molecular complexity index is 556. The minimum atomic E-state index is -0.654. The van der Waals surface area contributed by atoms with Crippen LogP contribution in [0.4, 0.5) is 0 Å². The molecule has 0 bridgehead atoms. The van der Waals surface area contributed by atoms with Crippen molar-refractivity contribution in [2.24, 2.45) is 0 Å². The van der Waals surface area contributed by atoms with Gasteiger partial charge in [-0.3, -0.25) is 19.2 Å². The van der Waals surface area contributed by atoms with Crippen molar-refractivity contribution in [3.63, 3.8) is 0 Å². The molecule has 0 N–H and O–H groups in total. The first kappa shape index (κ1) is 23.3. The second-order valence-corrected chi connectivity index (χ2v) is 6.00. The fourth-order valence-electron chi connectivity index (χ4n) is 2.50. The fraction of sp³-hybridized carbons (Fsp3) is 0.625. The van der Waals surface area contributed by atoms with Crippen molar-refractivity contribution >= 4 is 35.6 Å². The van der Waals surface area contributed by atoms with Crippen LogP contribution in [0.25, 0.3) is 0 Å². The van der Waals surface area contributed by atoms with E-state index in [9.17, 15) is 28.8 Å². The van der Waals surface area contributed by atoms with Crippen molar-refractivity contribution in [1.82, 2.24) is 10.1 Å². The number of nitrogens with zero attached hydrogens (tertiary/aromatic N) is 2. The summed E-state index contributed by atoms with van der Waals surface area (Å²) in [5.41, 5.74) is 0. The molecule has 0 unspecified atom stereocenters. The van der Waals surface area contributed by atoms with Crippen LogP contribution < -0.4 is 29.6 Å². The zero-order chi connectivity index (χ0) is 19.1. The summed E-state index contributed by atoms with van der Waals surface area (Å²) in [5.74, 6) is -3.37. The Kier molecular flexibility index (Phi) is 9.61. The predicted molar refractivity (Wildman–Crippen MR) is 83.2 cm³/mol. The number of rotatable bonds is 9. The Morgan fingerprint density at radius 1 is 0.667 bits per heavy atom. The topological polar surface area (TPSA) is 127 Å². The fourth-order valence-corrected chi connectivity index (χ4v) is 2.50. The standard InChI is InChI=1S/C16H20N2O8.Na.H/c19-11-7-8-12(20)17(11)25-15(23)5-3-1-2-4-6-16(24)26-18-13(21)9-10-14(18)22;;/h1-10H2;;/q;+1;-1. The van der Waals surface area contributed by atoms with Gasteiger partial charge >= 0.3 is 41.5 Å². The Labute approximate surface area is 179 Å². The quantitative estimate of drug-likeness (QED) is 0.243. The van der Waals surface area contributed by atoms with Crippen molar-refractivity contribution in [2.45, 2.75) is 64.2 Å². The molecule has 2 fully saturated rings. The van der Waals surface area contributed by atoms with Gasteiger partial charge in [-0.1, -0.05) is 12.8 Å². The Morgan fingerprint density at radius 3 is 1.26 bits per heavy atom. The molecule has 0 spiro atoms. The van der Waals surface area contributed by atoms with Crippen LogP contribution in [0.1, 0.15) is 65.6 Å². The molecule has 144 valence electrons. The molecule has 0 atom stereocenters. The number of hydroxylamine groups is 4. The van der Waals surface area contributed by atoms with Crippen LogP contribution in [0.2, 0.25) is 0 Å². The Morgan fingerprint density at radius 2 is 0.963 bits per heavy atom. The average molecular weight is 392 g/mol. The van der Waals surface area contributed by atoms with Gasteiger partial charge in [0.15, 0.2) is 0 Å².